The second kappa shape index (κ2) is 7.01. The molecule has 1 aromatic heterocycles. The summed E-state index contributed by atoms with van der Waals surface area (Å²) < 4.78 is 13.3. The molecule has 2 aliphatic heterocycles. The molecule has 0 spiro atoms. The molecule has 2 aromatic carbocycles. The van der Waals surface area contributed by atoms with Crippen molar-refractivity contribution in [2.75, 3.05) is 6.26 Å². The lowest BCUT2D eigenvalue weighted by molar-refractivity contribution is -0.0191. The van der Waals surface area contributed by atoms with Crippen molar-refractivity contribution in [3.63, 3.8) is 0 Å². The minimum atomic E-state index is -0.261. The van der Waals surface area contributed by atoms with Crippen LogP contribution in [0.5, 0.6) is 5.75 Å². The summed E-state index contributed by atoms with van der Waals surface area (Å²) in [6, 6.07) is 18.8. The minimum Gasteiger partial charge on any atom is -0.464 e. The van der Waals surface area contributed by atoms with E-state index in [4.69, 9.17) is 14.3 Å². The first-order chi connectivity index (χ1) is 13.6. The highest BCUT2D eigenvalue weighted by Crippen LogP contribution is 2.48. The Morgan fingerprint density at radius 3 is 2.64 bits per heavy atom. The van der Waals surface area contributed by atoms with Gasteiger partial charge in [0, 0.05) is 26.9 Å². The first kappa shape index (κ1) is 17.9. The number of hydrogen-bond donors (Lipinski definition) is 0. The fraction of sp³-hybridized carbons (Fsp3) is 0.227. The summed E-state index contributed by atoms with van der Waals surface area (Å²) in [4.78, 5) is 1.23. The highest BCUT2D eigenvalue weighted by molar-refractivity contribution is 9.10. The van der Waals surface area contributed by atoms with E-state index in [9.17, 15) is 0 Å². The lowest BCUT2D eigenvalue weighted by Gasteiger charge is -2.38. The van der Waals surface area contributed by atoms with E-state index in [1.54, 1.807) is 11.8 Å². The van der Waals surface area contributed by atoms with Gasteiger partial charge in [-0.3, -0.25) is 0 Å². The molecule has 0 saturated heterocycles. The van der Waals surface area contributed by atoms with Crippen LogP contribution in [0, 0.1) is 6.92 Å². The number of hydrazone groups is 1. The van der Waals surface area contributed by atoms with Gasteiger partial charge in [0.1, 0.15) is 23.0 Å². The number of ether oxygens (including phenoxy) is 1. The van der Waals surface area contributed by atoms with Crippen LogP contribution in [0.4, 0.5) is 0 Å². The summed E-state index contributed by atoms with van der Waals surface area (Å²) in [6.07, 6.45) is 2.61. The predicted molar refractivity (Wildman–Crippen MR) is 115 cm³/mol. The fourth-order valence-corrected chi connectivity index (χ4v) is 4.57. The van der Waals surface area contributed by atoms with Crippen LogP contribution in [-0.2, 0) is 0 Å². The maximum Gasteiger partial charge on any atom is 0.213 e. The van der Waals surface area contributed by atoms with Gasteiger partial charge in [-0.25, -0.2) is 5.01 Å². The highest BCUT2D eigenvalue weighted by atomic mass is 79.9. The van der Waals surface area contributed by atoms with Gasteiger partial charge in [-0.05, 0) is 55.6 Å². The van der Waals surface area contributed by atoms with Crippen LogP contribution < -0.4 is 4.74 Å². The molecule has 0 fully saturated rings. The van der Waals surface area contributed by atoms with Gasteiger partial charge in [0.25, 0.3) is 0 Å². The number of halogens is 1. The van der Waals surface area contributed by atoms with E-state index in [0.29, 0.717) is 0 Å². The van der Waals surface area contributed by atoms with E-state index in [1.807, 2.05) is 31.2 Å². The van der Waals surface area contributed by atoms with Crippen molar-refractivity contribution in [1.29, 1.82) is 0 Å². The molecule has 0 saturated carbocycles. The molecule has 3 aromatic rings. The number of benzene rings is 2. The van der Waals surface area contributed by atoms with Gasteiger partial charge in [-0.2, -0.15) is 5.10 Å². The second-order valence-corrected chi connectivity index (χ2v) is 8.78. The third kappa shape index (κ3) is 3.05. The van der Waals surface area contributed by atoms with E-state index < -0.39 is 0 Å². The molecule has 2 aliphatic rings. The van der Waals surface area contributed by atoms with Crippen molar-refractivity contribution < 1.29 is 9.15 Å². The van der Waals surface area contributed by atoms with Gasteiger partial charge >= 0.3 is 0 Å². The van der Waals surface area contributed by atoms with E-state index in [-0.39, 0.29) is 12.3 Å². The van der Waals surface area contributed by atoms with Gasteiger partial charge in [-0.15, -0.1) is 11.8 Å². The maximum atomic E-state index is 6.41. The van der Waals surface area contributed by atoms with Crippen LogP contribution in [0.15, 0.2) is 73.5 Å². The Morgan fingerprint density at radius 1 is 1.11 bits per heavy atom. The Balaban J connectivity index is 1.58. The number of fused-ring (bicyclic) bond motifs is 3. The average molecular weight is 455 g/mol. The molecule has 0 bridgehead atoms. The molecule has 0 radical (unpaired) electrons. The molecule has 0 aliphatic carbocycles. The lowest BCUT2D eigenvalue weighted by atomic mass is 9.97. The monoisotopic (exact) mass is 454 g/mol. The van der Waals surface area contributed by atoms with Crippen LogP contribution in [-0.4, -0.2) is 17.0 Å². The summed E-state index contributed by atoms with van der Waals surface area (Å²) >= 11 is 5.33. The Labute approximate surface area is 176 Å². The molecule has 28 heavy (non-hydrogen) atoms. The molecule has 0 amide bonds. The Bertz CT molecular complexity index is 1060. The lowest BCUT2D eigenvalue weighted by Crippen LogP contribution is -2.33. The first-order valence-corrected chi connectivity index (χ1v) is 11.2. The van der Waals surface area contributed by atoms with E-state index in [0.717, 1.165) is 45.0 Å². The molecule has 6 heteroatoms. The summed E-state index contributed by atoms with van der Waals surface area (Å²) in [5.41, 5.74) is 3.20. The van der Waals surface area contributed by atoms with E-state index >= 15 is 0 Å². The van der Waals surface area contributed by atoms with Crippen LogP contribution in [0.1, 0.15) is 41.3 Å². The van der Waals surface area contributed by atoms with Gasteiger partial charge in [0.15, 0.2) is 0 Å². The predicted octanol–water partition coefficient (Wildman–Crippen LogP) is 6.31. The minimum absolute atomic E-state index is 0.117. The van der Waals surface area contributed by atoms with Crippen molar-refractivity contribution in [1.82, 2.24) is 5.01 Å². The molecule has 3 heterocycles. The SMILES string of the molecule is CSc1ccc([C@@H]2Oc3ccc(Br)cc3[C@@H]3CC(c4ccc(C)o4)=NN32)cc1. The maximum absolute atomic E-state index is 6.41. The van der Waals surface area contributed by atoms with Crippen molar-refractivity contribution in [2.24, 2.45) is 5.10 Å². The number of rotatable bonds is 3. The average Bonchev–Trinajstić information content (AvgIpc) is 3.34. The largest absolute Gasteiger partial charge is 0.464 e. The zero-order chi connectivity index (χ0) is 19.3. The molecular formula is C22H19BrN2O2S. The molecular weight excluding hydrogens is 436 g/mol. The van der Waals surface area contributed by atoms with Gasteiger partial charge < -0.3 is 9.15 Å². The molecule has 4 nitrogen and oxygen atoms in total. The van der Waals surface area contributed by atoms with Crippen LogP contribution in [0.2, 0.25) is 0 Å². The number of hydrogen-bond acceptors (Lipinski definition) is 5. The molecule has 142 valence electrons. The smallest absolute Gasteiger partial charge is 0.213 e. The normalized spacial score (nSPS) is 20.4. The van der Waals surface area contributed by atoms with E-state index in [1.165, 1.54) is 4.90 Å². The number of nitrogens with zero attached hydrogens (tertiary/aromatic N) is 2. The molecule has 2 atom stereocenters. The molecule has 0 N–H and O–H groups in total. The molecule has 0 unspecified atom stereocenters. The molecule has 5 rings (SSSR count). The summed E-state index contributed by atoms with van der Waals surface area (Å²) in [5, 5.41) is 7.01. The van der Waals surface area contributed by atoms with Gasteiger partial charge in [0.05, 0.1) is 6.04 Å². The first-order valence-electron chi connectivity index (χ1n) is 9.15. The second-order valence-electron chi connectivity index (χ2n) is 6.98. The third-order valence-corrected chi connectivity index (χ3v) is 6.41. The quantitative estimate of drug-likeness (QED) is 0.434. The van der Waals surface area contributed by atoms with Crippen molar-refractivity contribution in [3.05, 3.63) is 81.7 Å². The third-order valence-electron chi connectivity index (χ3n) is 5.18. The van der Waals surface area contributed by atoms with Crippen LogP contribution in [0.25, 0.3) is 0 Å². The number of furan rings is 1. The number of thioether (sulfide) groups is 1. The summed E-state index contributed by atoms with van der Waals surface area (Å²) in [7, 11) is 0. The zero-order valence-electron chi connectivity index (χ0n) is 15.6. The fourth-order valence-electron chi connectivity index (χ4n) is 3.79. The van der Waals surface area contributed by atoms with Crippen molar-refractivity contribution >= 4 is 33.4 Å². The Kier molecular flexibility index (Phi) is 4.48. The highest BCUT2D eigenvalue weighted by Gasteiger charge is 2.41. The van der Waals surface area contributed by atoms with Gasteiger partial charge in [0.2, 0.25) is 6.23 Å². The van der Waals surface area contributed by atoms with Crippen LogP contribution in [0.3, 0.4) is 0 Å². The zero-order valence-corrected chi connectivity index (χ0v) is 18.0. The summed E-state index contributed by atoms with van der Waals surface area (Å²) in [5.74, 6) is 2.64. The van der Waals surface area contributed by atoms with Gasteiger partial charge in [-0.1, -0.05) is 28.1 Å². The van der Waals surface area contributed by atoms with E-state index in [2.05, 4.69) is 57.5 Å². The van der Waals surface area contributed by atoms with Crippen molar-refractivity contribution in [2.45, 2.75) is 30.5 Å². The Hall–Kier alpha value is -2.18. The van der Waals surface area contributed by atoms with Crippen LogP contribution >= 0.6 is 27.7 Å². The van der Waals surface area contributed by atoms with Crippen molar-refractivity contribution in [3.8, 4) is 5.75 Å². The number of aryl methyl sites for hydroxylation is 1. The Morgan fingerprint density at radius 2 is 1.93 bits per heavy atom. The topological polar surface area (TPSA) is 38.0 Å². The standard InChI is InChI=1S/C22H19BrN2O2S/c1-13-3-9-21(26-13)18-12-19-17-11-15(23)6-10-20(17)27-22(25(19)24-18)14-4-7-16(28-2)8-5-14/h3-11,19,22H,12H2,1-2H3/t19-,22-/m0/s1. The summed E-state index contributed by atoms with van der Waals surface area (Å²) in [6.45, 7) is 1.96.